The second-order valence-electron chi connectivity index (χ2n) is 1.35. The number of hydrogen-bond acceptors (Lipinski definition) is 0. The summed E-state index contributed by atoms with van der Waals surface area (Å²) in [7, 11) is 0. The molecule has 0 spiro atoms. The third-order valence-corrected chi connectivity index (χ3v) is 0.665. The van der Waals surface area contributed by atoms with Gasteiger partial charge in [0.1, 0.15) is 0 Å². The molecule has 0 aliphatic carbocycles. The Labute approximate surface area is 48.7 Å². The molecule has 0 N–H and O–H groups in total. The summed E-state index contributed by atoms with van der Waals surface area (Å²) in [5.41, 5.74) is 0. The molecule has 0 fully saturated rings. The molecule has 0 amide bonds. The fraction of sp³-hybridized carbons (Fsp3) is 0.750. The molecule has 1 radical (unpaired) electrons. The molecule has 0 aromatic heterocycles. The maximum atomic E-state index is 11.5. The lowest BCUT2D eigenvalue weighted by Crippen LogP contribution is -2.24. The zero-order valence-corrected chi connectivity index (χ0v) is 4.20. The van der Waals surface area contributed by atoms with Crippen LogP contribution in [0.1, 0.15) is 0 Å². The second kappa shape index (κ2) is 3.63. The Kier molecular flexibility index (Phi) is 3.49. The van der Waals surface area contributed by atoms with Crippen LogP contribution in [0.2, 0.25) is 0 Å². The fourth-order valence-electron chi connectivity index (χ4n) is 0.208. The molecule has 55 valence electrons. The van der Waals surface area contributed by atoms with E-state index in [0.717, 1.165) is 0 Å². The molecule has 9 heavy (non-hydrogen) atoms. The smallest absolute Gasteiger partial charge is 0.241 e. The summed E-state index contributed by atoms with van der Waals surface area (Å²) in [4.78, 5) is 0. The molecule has 0 nitrogen and oxygen atoms in total. The SMILES string of the molecule is F[CH]C(F)C(F)C(F)F. The first-order valence-corrected chi connectivity index (χ1v) is 2.09. The molecule has 2 atom stereocenters. The highest BCUT2D eigenvalue weighted by Gasteiger charge is 2.29. The largest absolute Gasteiger partial charge is 0.272 e. The molecule has 0 heterocycles. The minimum absolute atomic E-state index is 0.739. The zero-order valence-electron chi connectivity index (χ0n) is 4.20. The lowest BCUT2D eigenvalue weighted by atomic mass is 10.3. The fourth-order valence-corrected chi connectivity index (χ4v) is 0.208. The van der Waals surface area contributed by atoms with Gasteiger partial charge in [0.15, 0.2) is 19.0 Å². The van der Waals surface area contributed by atoms with Crippen LogP contribution in [0.25, 0.3) is 0 Å². The van der Waals surface area contributed by atoms with Crippen LogP contribution in [0.4, 0.5) is 22.0 Å². The molecular formula is C4H4F5. The van der Waals surface area contributed by atoms with E-state index in [1.165, 1.54) is 0 Å². The monoisotopic (exact) mass is 147 g/mol. The van der Waals surface area contributed by atoms with Gasteiger partial charge in [-0.15, -0.1) is 0 Å². The summed E-state index contributed by atoms with van der Waals surface area (Å²) in [5.74, 6) is 0. The number of hydrogen-bond donors (Lipinski definition) is 0. The van der Waals surface area contributed by atoms with Crippen LogP contribution in [0.5, 0.6) is 0 Å². The quantitative estimate of drug-likeness (QED) is 0.536. The molecule has 0 rings (SSSR count). The van der Waals surface area contributed by atoms with E-state index >= 15 is 0 Å². The lowest BCUT2D eigenvalue weighted by molar-refractivity contribution is 0.00676. The predicted octanol–water partition coefficient (Wildman–Crippen LogP) is 2.06. The Balaban J connectivity index is 3.58. The normalized spacial score (nSPS) is 18.0. The van der Waals surface area contributed by atoms with E-state index in [1.807, 2.05) is 0 Å². The van der Waals surface area contributed by atoms with Crippen molar-refractivity contribution in [3.63, 3.8) is 0 Å². The van der Waals surface area contributed by atoms with Gasteiger partial charge in [-0.05, 0) is 0 Å². The lowest BCUT2D eigenvalue weighted by Gasteiger charge is -2.06. The Hall–Kier alpha value is -0.350. The first kappa shape index (κ1) is 8.65. The van der Waals surface area contributed by atoms with Crippen LogP contribution in [-0.2, 0) is 0 Å². The third-order valence-electron chi connectivity index (χ3n) is 0.665. The number of alkyl halides is 4. The van der Waals surface area contributed by atoms with Gasteiger partial charge in [-0.25, -0.2) is 22.0 Å². The minimum Gasteiger partial charge on any atom is -0.241 e. The Morgan fingerprint density at radius 2 is 1.44 bits per heavy atom. The Bertz CT molecular complexity index is 73.4. The molecule has 0 saturated heterocycles. The van der Waals surface area contributed by atoms with Crippen molar-refractivity contribution in [3.8, 4) is 0 Å². The molecule has 0 aliphatic rings. The van der Waals surface area contributed by atoms with E-state index in [1.54, 1.807) is 0 Å². The van der Waals surface area contributed by atoms with Gasteiger partial charge in [-0.3, -0.25) is 0 Å². The van der Waals surface area contributed by atoms with Crippen molar-refractivity contribution in [3.05, 3.63) is 6.67 Å². The van der Waals surface area contributed by atoms with Crippen molar-refractivity contribution in [1.29, 1.82) is 0 Å². The van der Waals surface area contributed by atoms with Crippen LogP contribution in [0.3, 0.4) is 0 Å². The van der Waals surface area contributed by atoms with Crippen LogP contribution >= 0.6 is 0 Å². The van der Waals surface area contributed by atoms with E-state index in [0.29, 0.717) is 0 Å². The molecule has 0 saturated carbocycles. The van der Waals surface area contributed by atoms with Crippen LogP contribution in [0, 0.1) is 6.67 Å². The van der Waals surface area contributed by atoms with E-state index < -0.39 is 25.4 Å². The van der Waals surface area contributed by atoms with Gasteiger partial charge in [0.2, 0.25) is 0 Å². The maximum Gasteiger partial charge on any atom is 0.272 e. The Morgan fingerprint density at radius 1 is 1.00 bits per heavy atom. The average Bonchev–Trinajstić information content (AvgIpc) is 1.84. The van der Waals surface area contributed by atoms with E-state index in [4.69, 9.17) is 0 Å². The highest BCUT2D eigenvalue weighted by atomic mass is 19.3. The summed E-state index contributed by atoms with van der Waals surface area (Å²) in [6, 6.07) is 0. The van der Waals surface area contributed by atoms with Crippen LogP contribution < -0.4 is 0 Å². The molecule has 0 aliphatic heterocycles. The molecule has 0 aromatic carbocycles. The summed E-state index contributed by atoms with van der Waals surface area (Å²) in [6.07, 6.45) is -9.33. The second-order valence-corrected chi connectivity index (χ2v) is 1.35. The van der Waals surface area contributed by atoms with Gasteiger partial charge >= 0.3 is 0 Å². The molecular weight excluding hydrogens is 143 g/mol. The highest BCUT2D eigenvalue weighted by Crippen LogP contribution is 2.15. The predicted molar refractivity (Wildman–Crippen MR) is 21.2 cm³/mol. The standard InChI is InChI=1S/C4H4F5/c5-1-2(6)3(7)4(8)9/h1-4H. The van der Waals surface area contributed by atoms with Crippen LogP contribution in [-0.4, -0.2) is 18.8 Å². The van der Waals surface area contributed by atoms with Gasteiger partial charge < -0.3 is 0 Å². The zero-order chi connectivity index (χ0) is 7.44. The maximum absolute atomic E-state index is 11.5. The molecule has 0 aromatic rings. The average molecular weight is 147 g/mol. The van der Waals surface area contributed by atoms with E-state index in [-0.39, 0.29) is 0 Å². The van der Waals surface area contributed by atoms with Gasteiger partial charge in [-0.2, -0.15) is 0 Å². The van der Waals surface area contributed by atoms with Crippen molar-refractivity contribution >= 4 is 0 Å². The van der Waals surface area contributed by atoms with Crippen molar-refractivity contribution in [2.45, 2.75) is 18.8 Å². The summed E-state index contributed by atoms with van der Waals surface area (Å²) in [5, 5.41) is 0. The Morgan fingerprint density at radius 3 is 1.56 bits per heavy atom. The topological polar surface area (TPSA) is 0 Å². The van der Waals surface area contributed by atoms with Gasteiger partial charge in [-0.1, -0.05) is 0 Å². The van der Waals surface area contributed by atoms with Crippen molar-refractivity contribution in [2.24, 2.45) is 0 Å². The molecule has 2 unspecified atom stereocenters. The van der Waals surface area contributed by atoms with E-state index in [9.17, 15) is 22.0 Å². The van der Waals surface area contributed by atoms with Gasteiger partial charge in [0, 0.05) is 0 Å². The number of rotatable bonds is 3. The molecule has 5 heteroatoms. The third kappa shape index (κ3) is 2.62. The van der Waals surface area contributed by atoms with Gasteiger partial charge in [0.25, 0.3) is 6.43 Å². The van der Waals surface area contributed by atoms with E-state index in [2.05, 4.69) is 0 Å². The first-order chi connectivity index (χ1) is 4.09. The minimum atomic E-state index is -3.47. The summed E-state index contributed by atoms with van der Waals surface area (Å²) < 4.78 is 56.1. The van der Waals surface area contributed by atoms with Gasteiger partial charge in [0.05, 0.1) is 0 Å². The van der Waals surface area contributed by atoms with Crippen molar-refractivity contribution in [1.82, 2.24) is 0 Å². The highest BCUT2D eigenvalue weighted by molar-refractivity contribution is 4.76. The van der Waals surface area contributed by atoms with Crippen molar-refractivity contribution in [2.75, 3.05) is 0 Å². The molecule has 0 bridgehead atoms. The summed E-state index contributed by atoms with van der Waals surface area (Å²) >= 11 is 0. The van der Waals surface area contributed by atoms with Crippen molar-refractivity contribution < 1.29 is 22.0 Å². The first-order valence-electron chi connectivity index (χ1n) is 2.09. The number of halogens is 5. The summed E-state index contributed by atoms with van der Waals surface area (Å²) in [6.45, 7) is -0.739. The van der Waals surface area contributed by atoms with Crippen LogP contribution in [0.15, 0.2) is 0 Å².